The van der Waals surface area contributed by atoms with Crippen LogP contribution in [0, 0.1) is 11.8 Å². The largest absolute Gasteiger partial charge is 0.496 e. The summed E-state index contributed by atoms with van der Waals surface area (Å²) in [6.07, 6.45) is 0.963. The molecule has 3 heteroatoms. The lowest BCUT2D eigenvalue weighted by atomic mass is 10.2. The zero-order valence-corrected chi connectivity index (χ0v) is 9.60. The molecule has 1 fully saturated rings. The molecule has 0 heterocycles. The van der Waals surface area contributed by atoms with Gasteiger partial charge in [0.1, 0.15) is 12.4 Å². The van der Waals surface area contributed by atoms with Gasteiger partial charge >= 0.3 is 5.97 Å². The number of esters is 1. The molecule has 0 aromatic heterocycles. The summed E-state index contributed by atoms with van der Waals surface area (Å²) in [5.41, 5.74) is 0.909. The Hall–Kier alpha value is -1.51. The molecule has 1 aromatic rings. The maximum Gasteiger partial charge on any atom is 0.309 e. The van der Waals surface area contributed by atoms with Crippen LogP contribution in [0.2, 0.25) is 0 Å². The van der Waals surface area contributed by atoms with Crippen molar-refractivity contribution in [1.82, 2.24) is 0 Å². The van der Waals surface area contributed by atoms with Gasteiger partial charge in [-0.2, -0.15) is 0 Å². The summed E-state index contributed by atoms with van der Waals surface area (Å²) in [4.78, 5) is 11.5. The average molecular weight is 220 g/mol. The summed E-state index contributed by atoms with van der Waals surface area (Å²) >= 11 is 0. The van der Waals surface area contributed by atoms with Gasteiger partial charge in [0.25, 0.3) is 0 Å². The summed E-state index contributed by atoms with van der Waals surface area (Å²) in [5.74, 6) is 1.29. The first-order valence-electron chi connectivity index (χ1n) is 5.51. The van der Waals surface area contributed by atoms with E-state index in [0.29, 0.717) is 12.5 Å². The van der Waals surface area contributed by atoms with Crippen LogP contribution >= 0.6 is 0 Å². The number of carbonyl (C=O) groups excluding carboxylic acids is 1. The van der Waals surface area contributed by atoms with Crippen LogP contribution in [-0.4, -0.2) is 13.1 Å². The van der Waals surface area contributed by atoms with Gasteiger partial charge in [0, 0.05) is 5.56 Å². The minimum atomic E-state index is -0.0848. The van der Waals surface area contributed by atoms with E-state index in [2.05, 4.69) is 6.92 Å². The highest BCUT2D eigenvalue weighted by molar-refractivity contribution is 5.75. The third kappa shape index (κ3) is 2.35. The molecule has 0 aliphatic heterocycles. The first-order chi connectivity index (χ1) is 7.72. The molecule has 0 amide bonds. The molecule has 0 radical (unpaired) electrons. The molecule has 86 valence electrons. The minimum Gasteiger partial charge on any atom is -0.496 e. The predicted octanol–water partition coefficient (Wildman–Crippen LogP) is 2.39. The van der Waals surface area contributed by atoms with Crippen molar-refractivity contribution in [3.8, 4) is 5.75 Å². The van der Waals surface area contributed by atoms with E-state index < -0.39 is 0 Å². The summed E-state index contributed by atoms with van der Waals surface area (Å²) in [6.45, 7) is 2.36. The normalized spacial score (nSPS) is 22.6. The van der Waals surface area contributed by atoms with Crippen molar-refractivity contribution in [1.29, 1.82) is 0 Å². The zero-order valence-electron chi connectivity index (χ0n) is 9.60. The highest BCUT2D eigenvalue weighted by Crippen LogP contribution is 2.38. The van der Waals surface area contributed by atoms with Crippen molar-refractivity contribution in [2.24, 2.45) is 11.8 Å². The molecule has 0 saturated heterocycles. The fourth-order valence-corrected chi connectivity index (χ4v) is 1.73. The Kier molecular flexibility index (Phi) is 3.13. The first-order valence-corrected chi connectivity index (χ1v) is 5.51. The van der Waals surface area contributed by atoms with E-state index in [1.165, 1.54) is 0 Å². The van der Waals surface area contributed by atoms with Crippen LogP contribution in [0.1, 0.15) is 18.9 Å². The molecule has 0 bridgehead atoms. The number of ether oxygens (including phenoxy) is 2. The molecule has 1 aliphatic carbocycles. The van der Waals surface area contributed by atoms with Gasteiger partial charge in [-0.1, -0.05) is 25.1 Å². The zero-order chi connectivity index (χ0) is 11.5. The summed E-state index contributed by atoms with van der Waals surface area (Å²) in [5, 5.41) is 0. The number of hydrogen-bond donors (Lipinski definition) is 0. The van der Waals surface area contributed by atoms with E-state index in [-0.39, 0.29) is 11.9 Å². The van der Waals surface area contributed by atoms with Crippen molar-refractivity contribution in [3.63, 3.8) is 0 Å². The Bertz CT molecular complexity index is 387. The molecule has 1 saturated carbocycles. The quantitative estimate of drug-likeness (QED) is 0.731. The molecular weight excluding hydrogens is 204 g/mol. The second-order valence-corrected chi connectivity index (χ2v) is 4.24. The summed E-state index contributed by atoms with van der Waals surface area (Å²) < 4.78 is 10.4. The van der Waals surface area contributed by atoms with Crippen molar-refractivity contribution in [2.45, 2.75) is 20.0 Å². The Morgan fingerprint density at radius 2 is 2.12 bits per heavy atom. The van der Waals surface area contributed by atoms with Gasteiger partial charge in [0.2, 0.25) is 0 Å². The number of hydrogen-bond acceptors (Lipinski definition) is 3. The van der Waals surface area contributed by atoms with Crippen molar-refractivity contribution < 1.29 is 14.3 Å². The SMILES string of the molecule is COc1ccccc1COC(=O)C1CC1C. The van der Waals surface area contributed by atoms with Gasteiger partial charge in [-0.3, -0.25) is 4.79 Å². The summed E-state index contributed by atoms with van der Waals surface area (Å²) in [6, 6.07) is 7.57. The van der Waals surface area contributed by atoms with E-state index in [4.69, 9.17) is 9.47 Å². The van der Waals surface area contributed by atoms with Gasteiger partial charge in [0.05, 0.1) is 13.0 Å². The highest BCUT2D eigenvalue weighted by atomic mass is 16.5. The Labute approximate surface area is 95.4 Å². The smallest absolute Gasteiger partial charge is 0.309 e. The Morgan fingerprint density at radius 1 is 1.44 bits per heavy atom. The van der Waals surface area contributed by atoms with E-state index in [0.717, 1.165) is 17.7 Å². The number of para-hydroxylation sites is 1. The molecule has 0 N–H and O–H groups in total. The number of carbonyl (C=O) groups is 1. The second kappa shape index (κ2) is 4.56. The van der Waals surface area contributed by atoms with Crippen molar-refractivity contribution in [2.75, 3.05) is 7.11 Å². The van der Waals surface area contributed by atoms with E-state index in [1.54, 1.807) is 7.11 Å². The average Bonchev–Trinajstić information content (AvgIpc) is 3.04. The van der Waals surface area contributed by atoms with Gasteiger partial charge in [-0.05, 0) is 18.4 Å². The Balaban J connectivity index is 1.91. The number of rotatable bonds is 4. The molecule has 1 aromatic carbocycles. The lowest BCUT2D eigenvalue weighted by molar-refractivity contribution is -0.146. The third-order valence-electron chi connectivity index (χ3n) is 2.97. The van der Waals surface area contributed by atoms with Crippen LogP contribution in [0.3, 0.4) is 0 Å². The highest BCUT2D eigenvalue weighted by Gasteiger charge is 2.40. The summed E-state index contributed by atoms with van der Waals surface area (Å²) in [7, 11) is 1.61. The monoisotopic (exact) mass is 220 g/mol. The van der Waals surface area contributed by atoms with E-state index >= 15 is 0 Å². The minimum absolute atomic E-state index is 0.0848. The molecule has 1 aliphatic rings. The van der Waals surface area contributed by atoms with Crippen LogP contribution in [0.4, 0.5) is 0 Å². The lowest BCUT2D eigenvalue weighted by Gasteiger charge is -2.08. The molecule has 0 spiro atoms. The second-order valence-electron chi connectivity index (χ2n) is 4.24. The van der Waals surface area contributed by atoms with Gasteiger partial charge in [-0.25, -0.2) is 0 Å². The van der Waals surface area contributed by atoms with Gasteiger partial charge in [-0.15, -0.1) is 0 Å². The molecule has 16 heavy (non-hydrogen) atoms. The maximum atomic E-state index is 11.5. The van der Waals surface area contributed by atoms with Crippen LogP contribution < -0.4 is 4.74 Å². The number of methoxy groups -OCH3 is 1. The van der Waals surface area contributed by atoms with Crippen LogP contribution in [-0.2, 0) is 16.1 Å². The van der Waals surface area contributed by atoms with E-state index in [9.17, 15) is 4.79 Å². The molecule has 2 atom stereocenters. The fraction of sp³-hybridized carbons (Fsp3) is 0.462. The fourth-order valence-electron chi connectivity index (χ4n) is 1.73. The maximum absolute atomic E-state index is 11.5. The Morgan fingerprint density at radius 3 is 2.75 bits per heavy atom. The van der Waals surface area contributed by atoms with Crippen molar-refractivity contribution >= 4 is 5.97 Å². The standard InChI is InChI=1S/C13H16O3/c1-9-7-11(9)13(14)16-8-10-5-3-4-6-12(10)15-2/h3-6,9,11H,7-8H2,1-2H3. The predicted molar refractivity (Wildman–Crippen MR) is 60.1 cm³/mol. The third-order valence-corrected chi connectivity index (χ3v) is 2.97. The van der Waals surface area contributed by atoms with Crippen LogP contribution in [0.25, 0.3) is 0 Å². The first kappa shape index (κ1) is 11.0. The van der Waals surface area contributed by atoms with Gasteiger partial charge < -0.3 is 9.47 Å². The molecule has 3 nitrogen and oxygen atoms in total. The molecule has 2 rings (SSSR count). The van der Waals surface area contributed by atoms with Gasteiger partial charge in [0.15, 0.2) is 0 Å². The van der Waals surface area contributed by atoms with Crippen LogP contribution in [0.15, 0.2) is 24.3 Å². The van der Waals surface area contributed by atoms with Crippen LogP contribution in [0.5, 0.6) is 5.75 Å². The number of benzene rings is 1. The molecular formula is C13H16O3. The van der Waals surface area contributed by atoms with E-state index in [1.807, 2.05) is 24.3 Å². The van der Waals surface area contributed by atoms with Crippen molar-refractivity contribution in [3.05, 3.63) is 29.8 Å². The molecule has 2 unspecified atom stereocenters. The lowest BCUT2D eigenvalue weighted by Crippen LogP contribution is -2.08. The topological polar surface area (TPSA) is 35.5 Å².